The number of carboxylic acid groups (broad SMARTS) is 1. The Hall–Kier alpha value is -2.06. The Morgan fingerprint density at radius 1 is 1.35 bits per heavy atom. The molecule has 0 aromatic heterocycles. The van der Waals surface area contributed by atoms with E-state index < -0.39 is 18.4 Å². The summed E-state index contributed by atoms with van der Waals surface area (Å²) in [4.78, 5) is 24.6. The number of carbonyl (C=O) groups excluding carboxylic acids is 1. The Morgan fingerprint density at radius 3 is 2.77 bits per heavy atom. The van der Waals surface area contributed by atoms with Gasteiger partial charge in [-0.05, 0) is 30.2 Å². The molecule has 1 N–H and O–H groups in total. The fraction of sp³-hybridized carbons (Fsp3) is 0.389. The van der Waals surface area contributed by atoms with Crippen molar-refractivity contribution in [3.05, 3.63) is 28.7 Å². The summed E-state index contributed by atoms with van der Waals surface area (Å²) in [5.41, 5.74) is 0.749. The average Bonchev–Trinajstić information content (AvgIpc) is 2.86. The SMILES string of the molecule is CCCCCOc1ccc(/C=C2\SC(=S)N(CC(=O)O)C2=O)cc1OC. The number of benzene rings is 1. The number of carboxylic acids is 1. The van der Waals surface area contributed by atoms with Crippen LogP contribution in [0.2, 0.25) is 0 Å². The molecule has 1 aromatic carbocycles. The summed E-state index contributed by atoms with van der Waals surface area (Å²) in [6.45, 7) is 2.32. The molecule has 6 nitrogen and oxygen atoms in total. The Bertz CT molecular complexity index is 732. The van der Waals surface area contributed by atoms with Gasteiger partial charge in [0.2, 0.25) is 0 Å². The maximum Gasteiger partial charge on any atom is 0.323 e. The first-order valence-electron chi connectivity index (χ1n) is 8.24. The average molecular weight is 396 g/mol. The lowest BCUT2D eigenvalue weighted by atomic mass is 10.2. The summed E-state index contributed by atoms with van der Waals surface area (Å²) in [6, 6.07) is 5.40. The highest BCUT2D eigenvalue weighted by atomic mass is 32.2. The van der Waals surface area contributed by atoms with Crippen LogP contribution in [0.25, 0.3) is 6.08 Å². The molecule has 0 spiro atoms. The molecule has 1 aromatic rings. The van der Waals surface area contributed by atoms with Crippen LogP contribution in [-0.4, -0.2) is 46.5 Å². The first kappa shape index (κ1) is 20.3. The van der Waals surface area contributed by atoms with Gasteiger partial charge in [0.25, 0.3) is 5.91 Å². The normalized spacial score (nSPS) is 15.6. The molecule has 0 atom stereocenters. The van der Waals surface area contributed by atoms with E-state index in [1.807, 2.05) is 6.07 Å². The van der Waals surface area contributed by atoms with Crippen LogP contribution < -0.4 is 9.47 Å². The van der Waals surface area contributed by atoms with E-state index in [1.165, 1.54) is 0 Å². The predicted octanol–water partition coefficient (Wildman–Crippen LogP) is 3.55. The van der Waals surface area contributed by atoms with E-state index in [1.54, 1.807) is 25.3 Å². The van der Waals surface area contributed by atoms with Gasteiger partial charge in [0, 0.05) is 0 Å². The summed E-state index contributed by atoms with van der Waals surface area (Å²) < 4.78 is 11.4. The second-order valence-electron chi connectivity index (χ2n) is 5.63. The van der Waals surface area contributed by atoms with Crippen LogP contribution in [0.15, 0.2) is 23.1 Å². The molecule has 1 heterocycles. The number of aliphatic carboxylic acids is 1. The van der Waals surface area contributed by atoms with Crippen molar-refractivity contribution in [3.63, 3.8) is 0 Å². The van der Waals surface area contributed by atoms with Crippen molar-refractivity contribution in [1.29, 1.82) is 0 Å². The number of thiocarbonyl (C=S) groups is 1. The second-order valence-corrected chi connectivity index (χ2v) is 7.30. The van der Waals surface area contributed by atoms with Gasteiger partial charge in [-0.2, -0.15) is 0 Å². The van der Waals surface area contributed by atoms with Gasteiger partial charge in [-0.1, -0.05) is 49.8 Å². The van der Waals surface area contributed by atoms with Crippen molar-refractivity contribution in [2.75, 3.05) is 20.3 Å². The minimum atomic E-state index is -1.10. The van der Waals surface area contributed by atoms with Crippen LogP contribution in [-0.2, 0) is 9.59 Å². The van der Waals surface area contributed by atoms with Crippen LogP contribution in [0.5, 0.6) is 11.5 Å². The topological polar surface area (TPSA) is 76.1 Å². The molecule has 1 aliphatic heterocycles. The fourth-order valence-electron chi connectivity index (χ4n) is 2.35. The number of thioether (sulfide) groups is 1. The molecule has 140 valence electrons. The van der Waals surface area contributed by atoms with Crippen LogP contribution in [0.4, 0.5) is 0 Å². The van der Waals surface area contributed by atoms with Crippen LogP contribution in [0, 0.1) is 0 Å². The lowest BCUT2D eigenvalue weighted by Crippen LogP contribution is -2.33. The molecule has 1 fully saturated rings. The van der Waals surface area contributed by atoms with Crippen molar-refractivity contribution in [2.45, 2.75) is 26.2 Å². The molecule has 0 aliphatic carbocycles. The number of nitrogens with zero attached hydrogens (tertiary/aromatic N) is 1. The quantitative estimate of drug-likeness (QED) is 0.389. The molecule has 8 heteroatoms. The molecule has 0 saturated carbocycles. The van der Waals surface area contributed by atoms with Gasteiger partial charge < -0.3 is 14.6 Å². The van der Waals surface area contributed by atoms with E-state index in [9.17, 15) is 9.59 Å². The molecule has 1 saturated heterocycles. The minimum Gasteiger partial charge on any atom is -0.493 e. The highest BCUT2D eigenvalue weighted by Gasteiger charge is 2.33. The molecule has 0 unspecified atom stereocenters. The summed E-state index contributed by atoms with van der Waals surface area (Å²) >= 11 is 6.18. The van der Waals surface area contributed by atoms with Crippen molar-refractivity contribution >= 4 is 46.3 Å². The number of rotatable bonds is 9. The lowest BCUT2D eigenvalue weighted by Gasteiger charge is -2.11. The molecule has 0 bridgehead atoms. The van der Waals surface area contributed by atoms with Crippen LogP contribution in [0.1, 0.15) is 31.7 Å². The third kappa shape index (κ3) is 5.22. The van der Waals surface area contributed by atoms with E-state index in [2.05, 4.69) is 6.92 Å². The van der Waals surface area contributed by atoms with E-state index in [0.717, 1.165) is 41.5 Å². The fourth-order valence-corrected chi connectivity index (χ4v) is 3.61. The summed E-state index contributed by atoms with van der Waals surface area (Å²) in [7, 11) is 1.56. The Balaban J connectivity index is 2.14. The third-order valence-electron chi connectivity index (χ3n) is 3.66. The van der Waals surface area contributed by atoms with Crippen molar-refractivity contribution < 1.29 is 24.2 Å². The standard InChI is InChI=1S/C18H21NO5S2/c1-3-4-5-8-24-13-7-6-12(9-14(13)23-2)10-15-17(22)19(11-16(20)21)18(25)26-15/h6-7,9-10H,3-5,8,11H2,1-2H3,(H,20,21)/b15-10-. The third-order valence-corrected chi connectivity index (χ3v) is 5.04. The minimum absolute atomic E-state index is 0.242. The smallest absolute Gasteiger partial charge is 0.323 e. The van der Waals surface area contributed by atoms with Crippen LogP contribution >= 0.6 is 24.0 Å². The second kappa shape index (κ2) is 9.59. The van der Waals surface area contributed by atoms with Gasteiger partial charge in [0.05, 0.1) is 18.6 Å². The molecule has 1 aliphatic rings. The first-order valence-corrected chi connectivity index (χ1v) is 9.46. The Morgan fingerprint density at radius 2 is 2.12 bits per heavy atom. The molecular formula is C18H21NO5S2. The van der Waals surface area contributed by atoms with Crippen molar-refractivity contribution in [3.8, 4) is 11.5 Å². The highest BCUT2D eigenvalue weighted by Crippen LogP contribution is 2.34. The molecular weight excluding hydrogens is 374 g/mol. The van der Waals surface area contributed by atoms with E-state index in [0.29, 0.717) is 23.0 Å². The number of ether oxygens (including phenoxy) is 2. The monoisotopic (exact) mass is 395 g/mol. The highest BCUT2D eigenvalue weighted by molar-refractivity contribution is 8.26. The molecule has 1 amide bonds. The van der Waals surface area contributed by atoms with Gasteiger partial charge in [0.1, 0.15) is 10.9 Å². The number of hydrogen-bond donors (Lipinski definition) is 1. The summed E-state index contributed by atoms with van der Waals surface area (Å²) in [5.74, 6) is -0.273. The Labute approximate surface area is 162 Å². The first-order chi connectivity index (χ1) is 12.5. The van der Waals surface area contributed by atoms with Gasteiger partial charge in [-0.3, -0.25) is 14.5 Å². The largest absolute Gasteiger partial charge is 0.493 e. The lowest BCUT2D eigenvalue weighted by molar-refractivity contribution is -0.140. The van der Waals surface area contributed by atoms with Gasteiger partial charge in [0.15, 0.2) is 11.5 Å². The predicted molar refractivity (Wildman–Crippen MR) is 106 cm³/mol. The molecule has 26 heavy (non-hydrogen) atoms. The number of amides is 1. The van der Waals surface area contributed by atoms with Gasteiger partial charge >= 0.3 is 5.97 Å². The van der Waals surface area contributed by atoms with Gasteiger partial charge in [-0.25, -0.2) is 0 Å². The maximum atomic E-state index is 12.3. The number of carbonyl (C=O) groups is 2. The number of hydrogen-bond acceptors (Lipinski definition) is 6. The zero-order valence-corrected chi connectivity index (χ0v) is 16.3. The van der Waals surface area contributed by atoms with E-state index in [-0.39, 0.29) is 4.32 Å². The molecule has 2 rings (SSSR count). The van der Waals surface area contributed by atoms with Crippen molar-refractivity contribution in [1.82, 2.24) is 4.90 Å². The maximum absolute atomic E-state index is 12.3. The van der Waals surface area contributed by atoms with Gasteiger partial charge in [-0.15, -0.1) is 0 Å². The summed E-state index contributed by atoms with van der Waals surface area (Å²) in [6.07, 6.45) is 4.88. The van der Waals surface area contributed by atoms with E-state index in [4.69, 9.17) is 26.8 Å². The van der Waals surface area contributed by atoms with Crippen molar-refractivity contribution in [2.24, 2.45) is 0 Å². The zero-order chi connectivity index (χ0) is 19.1. The molecule has 0 radical (unpaired) electrons. The van der Waals surface area contributed by atoms with Crippen LogP contribution in [0.3, 0.4) is 0 Å². The van der Waals surface area contributed by atoms with E-state index >= 15 is 0 Å². The Kier molecular flexibility index (Phi) is 7.47. The number of unbranched alkanes of at least 4 members (excludes halogenated alkanes) is 2. The zero-order valence-electron chi connectivity index (χ0n) is 14.7. The number of methoxy groups -OCH3 is 1. The summed E-state index contributed by atoms with van der Waals surface area (Å²) in [5, 5.41) is 8.88.